The number of hydrogen-bond acceptors (Lipinski definition) is 15. The minimum absolute atomic E-state index is 0.0288. The van der Waals surface area contributed by atoms with Gasteiger partial charge in [-0.15, -0.1) is 22.7 Å². The molecule has 1 unspecified atom stereocenters. The number of carbonyl (C=O) groups excluding carboxylic acids is 6. The zero-order valence-electron chi connectivity index (χ0n) is 43.4. The summed E-state index contributed by atoms with van der Waals surface area (Å²) in [5.41, 5.74) is 8.21. The van der Waals surface area contributed by atoms with Gasteiger partial charge in [-0.05, 0) is 58.4 Å². The molecule has 0 bridgehead atoms. The normalized spacial score (nSPS) is 14.9. The predicted octanol–water partition coefficient (Wildman–Crippen LogP) is 5.13. The van der Waals surface area contributed by atoms with Gasteiger partial charge < -0.3 is 46.1 Å². The number of amides is 6. The van der Waals surface area contributed by atoms with Crippen LogP contribution in [0.4, 0.5) is 5.13 Å². The highest BCUT2D eigenvalue weighted by Crippen LogP contribution is 2.31. The molecule has 3 aromatic carbocycles. The summed E-state index contributed by atoms with van der Waals surface area (Å²) < 4.78 is 35.5. The molecule has 20 nitrogen and oxygen atoms in total. The molecule has 0 spiro atoms. The van der Waals surface area contributed by atoms with Crippen molar-refractivity contribution < 1.29 is 51.8 Å². The molecule has 7 rings (SSSR count). The van der Waals surface area contributed by atoms with Gasteiger partial charge in [0.15, 0.2) is 5.13 Å². The molecule has 4 heterocycles. The van der Waals surface area contributed by atoms with E-state index >= 15 is 0 Å². The maximum Gasteiger partial charge on any atom is 0.253 e. The molecule has 77 heavy (non-hydrogen) atoms. The molecule has 1 saturated heterocycles. The van der Waals surface area contributed by atoms with Crippen LogP contribution in [0.25, 0.3) is 32.8 Å². The Labute approximate surface area is 455 Å². The third-order valence-electron chi connectivity index (χ3n) is 12.4. The topological polar surface area (TPSA) is 269 Å². The van der Waals surface area contributed by atoms with E-state index in [1.165, 1.54) is 34.7 Å². The van der Waals surface area contributed by atoms with E-state index < -0.39 is 57.3 Å². The number of hydrogen-bond donors (Lipinski definition) is 6. The number of ether oxygens (including phenoxy) is 2. The van der Waals surface area contributed by atoms with E-state index in [1.54, 1.807) is 22.2 Å². The Morgan fingerprint density at radius 2 is 1.47 bits per heavy atom. The Hall–Kier alpha value is -7.15. The number of benzene rings is 3. The molecule has 1 aliphatic rings. The number of nitrogens with one attached hydrogen (secondary N) is 5. The van der Waals surface area contributed by atoms with Crippen molar-refractivity contribution in [2.45, 2.75) is 78.2 Å². The summed E-state index contributed by atoms with van der Waals surface area (Å²) in [5.74, 6) is -2.55. The lowest BCUT2D eigenvalue weighted by atomic mass is 9.85. The van der Waals surface area contributed by atoms with Crippen molar-refractivity contribution in [2.24, 2.45) is 5.41 Å². The van der Waals surface area contributed by atoms with Gasteiger partial charge in [0, 0.05) is 62.2 Å². The monoisotopic (exact) mass is 1110 g/mol. The van der Waals surface area contributed by atoms with Crippen LogP contribution in [0.1, 0.15) is 67.2 Å². The molecule has 3 aromatic heterocycles. The Balaban J connectivity index is 0.774. The number of thiazole rings is 2. The highest BCUT2D eigenvalue weighted by atomic mass is 32.2. The summed E-state index contributed by atoms with van der Waals surface area (Å²) >= 11 is 2.78. The number of rotatable bonds is 24. The fourth-order valence-corrected chi connectivity index (χ4v) is 10.4. The average molecular weight is 1110 g/mol. The van der Waals surface area contributed by atoms with Crippen LogP contribution in [0.2, 0.25) is 0 Å². The van der Waals surface area contributed by atoms with Gasteiger partial charge in [0.05, 0.1) is 72.7 Å². The smallest absolute Gasteiger partial charge is 0.253 e. The fraction of sp³-hybridized carbons (Fsp3) is 0.370. The molecule has 23 heteroatoms. The first-order valence-electron chi connectivity index (χ1n) is 24.8. The zero-order valence-corrected chi connectivity index (χ0v) is 45.8. The fourth-order valence-electron chi connectivity index (χ4n) is 8.28. The molecule has 6 N–H and O–H groups in total. The van der Waals surface area contributed by atoms with Crippen LogP contribution in [0.3, 0.4) is 0 Å². The van der Waals surface area contributed by atoms with E-state index in [9.17, 15) is 42.3 Å². The lowest BCUT2D eigenvalue weighted by molar-refractivity contribution is -0.144. The van der Waals surface area contributed by atoms with E-state index in [0.29, 0.717) is 17.4 Å². The molecule has 6 aromatic rings. The molecule has 408 valence electrons. The van der Waals surface area contributed by atoms with Crippen LogP contribution in [0, 0.1) is 12.3 Å². The van der Waals surface area contributed by atoms with E-state index in [4.69, 9.17) is 9.47 Å². The third kappa shape index (κ3) is 16.4. The summed E-state index contributed by atoms with van der Waals surface area (Å²) in [6.45, 7) is 8.17. The Morgan fingerprint density at radius 1 is 0.792 bits per heavy atom. The van der Waals surface area contributed by atoms with Crippen molar-refractivity contribution in [1.82, 2.24) is 40.1 Å². The van der Waals surface area contributed by atoms with Crippen molar-refractivity contribution in [3.8, 4) is 32.8 Å². The van der Waals surface area contributed by atoms with Crippen molar-refractivity contribution in [1.29, 1.82) is 0 Å². The number of anilines is 1. The van der Waals surface area contributed by atoms with Gasteiger partial charge in [-0.3, -0.25) is 32.7 Å². The lowest BCUT2D eigenvalue weighted by Crippen LogP contribution is -2.57. The average Bonchev–Trinajstić information content (AvgIpc) is 4.25. The van der Waals surface area contributed by atoms with Crippen LogP contribution in [-0.4, -0.2) is 132 Å². The number of β-amino-alcohol motifs (C(OH)–C–C–N with tert-alkyl or cyclic N) is 1. The van der Waals surface area contributed by atoms with Gasteiger partial charge in [-0.25, -0.2) is 18.4 Å². The van der Waals surface area contributed by atoms with E-state index in [2.05, 4.69) is 36.6 Å². The quantitative estimate of drug-likeness (QED) is 0.0430. The second-order valence-corrected chi connectivity index (χ2v) is 23.1. The first-order chi connectivity index (χ1) is 36.7. The Morgan fingerprint density at radius 3 is 2.14 bits per heavy atom. The molecule has 6 amide bonds. The van der Waals surface area contributed by atoms with E-state index in [0.717, 1.165) is 54.2 Å². The second kappa shape index (κ2) is 26.3. The molecule has 0 radical (unpaired) electrons. The van der Waals surface area contributed by atoms with Gasteiger partial charge in [0.1, 0.15) is 12.1 Å². The van der Waals surface area contributed by atoms with Crippen LogP contribution in [0.15, 0.2) is 102 Å². The molecule has 3 atom stereocenters. The largest absolute Gasteiger partial charge is 0.391 e. The van der Waals surface area contributed by atoms with Crippen molar-refractivity contribution >= 4 is 73.3 Å². The van der Waals surface area contributed by atoms with Gasteiger partial charge in [-0.2, -0.15) is 0 Å². The van der Waals surface area contributed by atoms with Gasteiger partial charge >= 0.3 is 0 Å². The SMILES string of the molecule is Cc1ncsc1-c1ccc(CNC(=O)[C@@H]2C[C@@H](O)CN2C(=O)C(NC(=O)CCOCCOCCC(=O)NCc2cccc(-c3cccc(-c4csc(NC(=O)CNC(=O)c5ccn(S(C)(=O)=O)c5)n4)c3)c2)C(C)(C)C)cc1. The number of aryl methyl sites for hydroxylation is 1. The number of carbonyl (C=O) groups is 6. The van der Waals surface area contributed by atoms with Crippen LogP contribution in [-0.2, 0) is 56.6 Å². The minimum Gasteiger partial charge on any atom is -0.391 e. The van der Waals surface area contributed by atoms with Crippen LogP contribution in [0.5, 0.6) is 0 Å². The summed E-state index contributed by atoms with van der Waals surface area (Å²) in [6.07, 6.45) is 2.71. The number of likely N-dealkylation sites (tertiary alicyclic amines) is 1. The summed E-state index contributed by atoms with van der Waals surface area (Å²) in [5, 5.41) is 26.5. The standard InChI is InChI=1S/C54H63N9O11S3/c1-34-48(76-33-58-34)37-14-12-35(13-15-37)27-56-51(69)44-26-42(64)31-63(44)52(70)49(54(2,3)4)60-46(66)18-21-74-23-22-73-20-17-45(65)55-28-36-8-6-9-38(24-36)39-10-7-11-40(25-39)43-32-75-53(59-43)61-47(67)29-57-50(68)41-16-19-62(30-41)77(5,71)72/h6-16,19,24-25,30,32-33,42,44,49,64H,17-18,20-23,26-29,31H2,1-5H3,(H,55,65)(H,56,69)(H,57,68)(H,60,66)(H,59,61,67)/t42-,44+,49?/m1/s1. The molecule has 0 aliphatic carbocycles. The van der Waals surface area contributed by atoms with Crippen molar-refractivity contribution in [2.75, 3.05) is 51.1 Å². The number of nitrogens with zero attached hydrogens (tertiary/aromatic N) is 4. The van der Waals surface area contributed by atoms with Gasteiger partial charge in [0.2, 0.25) is 39.6 Å². The lowest BCUT2D eigenvalue weighted by Gasteiger charge is -2.35. The van der Waals surface area contributed by atoms with Crippen molar-refractivity contribution in [3.63, 3.8) is 0 Å². The number of aliphatic hydroxyl groups excluding tert-OH is 1. The highest BCUT2D eigenvalue weighted by molar-refractivity contribution is 7.89. The molecular weight excluding hydrogens is 1050 g/mol. The third-order valence-corrected chi connectivity index (χ3v) is 15.1. The summed E-state index contributed by atoms with van der Waals surface area (Å²) in [6, 6.07) is 22.8. The van der Waals surface area contributed by atoms with E-state index in [1.807, 2.05) is 100 Å². The summed E-state index contributed by atoms with van der Waals surface area (Å²) in [7, 11) is -3.55. The molecular formula is C54H63N9O11S3. The summed E-state index contributed by atoms with van der Waals surface area (Å²) in [4.78, 5) is 89.6. The minimum atomic E-state index is -3.55. The number of aromatic nitrogens is 3. The number of aliphatic hydroxyl groups is 1. The van der Waals surface area contributed by atoms with Crippen LogP contribution >= 0.6 is 22.7 Å². The zero-order chi connectivity index (χ0) is 55.3. The van der Waals surface area contributed by atoms with Gasteiger partial charge in [0.25, 0.3) is 5.91 Å². The Bertz CT molecular complexity index is 3170. The Kier molecular flexibility index (Phi) is 19.6. The first-order valence-corrected chi connectivity index (χ1v) is 28.4. The molecule has 1 fully saturated rings. The van der Waals surface area contributed by atoms with E-state index in [-0.39, 0.29) is 82.7 Å². The maximum absolute atomic E-state index is 14.0. The van der Waals surface area contributed by atoms with Gasteiger partial charge in [-0.1, -0.05) is 81.4 Å². The van der Waals surface area contributed by atoms with Crippen molar-refractivity contribution in [3.05, 3.63) is 125 Å². The maximum atomic E-state index is 14.0. The predicted molar refractivity (Wildman–Crippen MR) is 293 cm³/mol. The highest BCUT2D eigenvalue weighted by Gasteiger charge is 2.44. The first kappa shape index (κ1) is 57.6. The second-order valence-electron chi connectivity index (χ2n) is 19.5. The molecule has 1 aliphatic heterocycles. The molecule has 0 saturated carbocycles. The van der Waals surface area contributed by atoms with Crippen LogP contribution < -0.4 is 26.6 Å².